The molecule has 0 aliphatic rings. The highest BCUT2D eigenvalue weighted by Crippen LogP contribution is 2.19. The predicted octanol–water partition coefficient (Wildman–Crippen LogP) is 2.43. The standard InChI is InChI=1S/C16H15ClN4O4/c1-10-2-5-12(17)8-14(10)18-9-15(22)19-20-16(23)11-3-6-13(7-4-11)21(24)25/h2-8,18H,9H2,1H3,(H,19,22)(H,20,23). The van der Waals surface area contributed by atoms with Crippen LogP contribution in [-0.4, -0.2) is 23.3 Å². The molecule has 2 aromatic rings. The number of non-ortho nitro benzene ring substituents is 1. The van der Waals surface area contributed by atoms with Crippen molar-refractivity contribution < 1.29 is 14.5 Å². The van der Waals surface area contributed by atoms with Crippen LogP contribution >= 0.6 is 11.6 Å². The normalized spacial score (nSPS) is 10.0. The smallest absolute Gasteiger partial charge is 0.269 e. The van der Waals surface area contributed by atoms with E-state index in [4.69, 9.17) is 11.6 Å². The lowest BCUT2D eigenvalue weighted by Crippen LogP contribution is -2.44. The molecule has 25 heavy (non-hydrogen) atoms. The van der Waals surface area contributed by atoms with Gasteiger partial charge in [-0.1, -0.05) is 17.7 Å². The summed E-state index contributed by atoms with van der Waals surface area (Å²) in [4.78, 5) is 33.7. The molecule has 0 saturated carbocycles. The molecule has 0 fully saturated rings. The first kappa shape index (κ1) is 18.2. The van der Waals surface area contributed by atoms with Gasteiger partial charge >= 0.3 is 0 Å². The van der Waals surface area contributed by atoms with Crippen molar-refractivity contribution in [3.05, 3.63) is 68.7 Å². The fourth-order valence-electron chi connectivity index (χ4n) is 1.94. The average Bonchev–Trinajstić information content (AvgIpc) is 2.60. The van der Waals surface area contributed by atoms with Crippen LogP contribution in [0.4, 0.5) is 11.4 Å². The zero-order valence-electron chi connectivity index (χ0n) is 13.2. The lowest BCUT2D eigenvalue weighted by atomic mass is 10.2. The molecular weight excluding hydrogens is 348 g/mol. The zero-order valence-corrected chi connectivity index (χ0v) is 14.0. The number of nitro benzene ring substituents is 1. The Balaban J connectivity index is 1.84. The van der Waals surface area contributed by atoms with Gasteiger partial charge in [0.15, 0.2) is 0 Å². The number of anilines is 1. The summed E-state index contributed by atoms with van der Waals surface area (Å²) < 4.78 is 0. The van der Waals surface area contributed by atoms with Crippen LogP contribution in [0.5, 0.6) is 0 Å². The second-order valence-electron chi connectivity index (χ2n) is 5.12. The highest BCUT2D eigenvalue weighted by atomic mass is 35.5. The maximum absolute atomic E-state index is 11.9. The number of benzene rings is 2. The number of amides is 2. The summed E-state index contributed by atoms with van der Waals surface area (Å²) in [6.07, 6.45) is 0. The number of hydrogen-bond donors (Lipinski definition) is 3. The number of rotatable bonds is 5. The molecule has 0 spiro atoms. The summed E-state index contributed by atoms with van der Waals surface area (Å²) in [5.41, 5.74) is 6.19. The molecule has 0 bridgehead atoms. The number of nitrogens with zero attached hydrogens (tertiary/aromatic N) is 1. The van der Waals surface area contributed by atoms with Gasteiger partial charge in [0, 0.05) is 28.4 Å². The van der Waals surface area contributed by atoms with E-state index in [-0.39, 0.29) is 17.8 Å². The number of nitrogens with one attached hydrogen (secondary N) is 3. The number of hydrazine groups is 1. The molecule has 0 saturated heterocycles. The Labute approximate surface area is 148 Å². The number of aryl methyl sites for hydroxylation is 1. The largest absolute Gasteiger partial charge is 0.376 e. The van der Waals surface area contributed by atoms with Crippen molar-refractivity contribution in [1.29, 1.82) is 0 Å². The molecule has 0 aliphatic heterocycles. The maximum atomic E-state index is 11.9. The third-order valence-electron chi connectivity index (χ3n) is 3.29. The first-order valence-electron chi connectivity index (χ1n) is 7.20. The number of carbonyl (C=O) groups excluding carboxylic acids is 2. The monoisotopic (exact) mass is 362 g/mol. The Morgan fingerprint density at radius 1 is 1.12 bits per heavy atom. The van der Waals surface area contributed by atoms with Crippen LogP contribution in [0.15, 0.2) is 42.5 Å². The number of halogens is 1. The van der Waals surface area contributed by atoms with Gasteiger partial charge in [-0.3, -0.25) is 30.6 Å². The van der Waals surface area contributed by atoms with E-state index in [2.05, 4.69) is 16.2 Å². The van der Waals surface area contributed by atoms with E-state index in [0.29, 0.717) is 10.7 Å². The summed E-state index contributed by atoms with van der Waals surface area (Å²) in [5, 5.41) is 14.0. The van der Waals surface area contributed by atoms with E-state index < -0.39 is 16.7 Å². The molecule has 3 N–H and O–H groups in total. The van der Waals surface area contributed by atoms with Crippen molar-refractivity contribution >= 4 is 34.8 Å². The van der Waals surface area contributed by atoms with E-state index in [9.17, 15) is 19.7 Å². The van der Waals surface area contributed by atoms with Crippen LogP contribution in [0.1, 0.15) is 15.9 Å². The summed E-state index contributed by atoms with van der Waals surface area (Å²) in [5.74, 6) is -1.04. The van der Waals surface area contributed by atoms with Crippen LogP contribution in [0.3, 0.4) is 0 Å². The molecule has 0 unspecified atom stereocenters. The van der Waals surface area contributed by atoms with Gasteiger partial charge in [-0.25, -0.2) is 0 Å². The molecule has 130 valence electrons. The number of nitro groups is 1. The van der Waals surface area contributed by atoms with Crippen molar-refractivity contribution in [2.24, 2.45) is 0 Å². The molecular formula is C16H15ClN4O4. The highest BCUT2D eigenvalue weighted by molar-refractivity contribution is 6.30. The number of carbonyl (C=O) groups is 2. The minimum atomic E-state index is -0.581. The van der Waals surface area contributed by atoms with E-state index in [1.165, 1.54) is 24.3 Å². The molecule has 0 atom stereocenters. The molecule has 8 nitrogen and oxygen atoms in total. The average molecular weight is 363 g/mol. The van der Waals surface area contributed by atoms with Crippen molar-refractivity contribution in [1.82, 2.24) is 10.9 Å². The zero-order chi connectivity index (χ0) is 18.4. The molecule has 2 rings (SSSR count). The Hall–Kier alpha value is -3.13. The van der Waals surface area contributed by atoms with E-state index >= 15 is 0 Å². The molecule has 0 aromatic heterocycles. The maximum Gasteiger partial charge on any atom is 0.269 e. The van der Waals surface area contributed by atoms with Crippen LogP contribution < -0.4 is 16.2 Å². The number of hydrogen-bond acceptors (Lipinski definition) is 5. The quantitative estimate of drug-likeness (QED) is 0.558. The van der Waals surface area contributed by atoms with Crippen molar-refractivity contribution in [2.75, 3.05) is 11.9 Å². The third-order valence-corrected chi connectivity index (χ3v) is 3.53. The molecule has 2 amide bonds. The third kappa shape index (κ3) is 5.18. The van der Waals surface area contributed by atoms with Crippen LogP contribution in [-0.2, 0) is 4.79 Å². The molecule has 9 heteroatoms. The molecule has 0 radical (unpaired) electrons. The second kappa shape index (κ2) is 8.11. The van der Waals surface area contributed by atoms with Gasteiger partial charge < -0.3 is 5.32 Å². The van der Waals surface area contributed by atoms with Crippen molar-refractivity contribution in [3.63, 3.8) is 0 Å². The summed E-state index contributed by atoms with van der Waals surface area (Å²) >= 11 is 5.89. The first-order chi connectivity index (χ1) is 11.9. The summed E-state index contributed by atoms with van der Waals surface area (Å²) in [7, 11) is 0. The lowest BCUT2D eigenvalue weighted by Gasteiger charge is -2.11. The second-order valence-corrected chi connectivity index (χ2v) is 5.56. The summed E-state index contributed by atoms with van der Waals surface area (Å²) in [6.45, 7) is 1.80. The van der Waals surface area contributed by atoms with E-state index in [1.54, 1.807) is 12.1 Å². The van der Waals surface area contributed by atoms with Crippen molar-refractivity contribution in [3.8, 4) is 0 Å². The van der Waals surface area contributed by atoms with Crippen LogP contribution in [0.25, 0.3) is 0 Å². The van der Waals surface area contributed by atoms with Gasteiger partial charge in [-0.05, 0) is 36.8 Å². The minimum Gasteiger partial charge on any atom is -0.376 e. The van der Waals surface area contributed by atoms with Crippen LogP contribution in [0, 0.1) is 17.0 Å². The van der Waals surface area contributed by atoms with Gasteiger partial charge in [0.25, 0.3) is 17.5 Å². The van der Waals surface area contributed by atoms with Crippen molar-refractivity contribution in [2.45, 2.75) is 6.92 Å². The van der Waals surface area contributed by atoms with Gasteiger partial charge in [-0.15, -0.1) is 0 Å². The summed E-state index contributed by atoms with van der Waals surface area (Å²) in [6, 6.07) is 10.3. The van der Waals surface area contributed by atoms with Gasteiger partial charge in [0.05, 0.1) is 11.5 Å². The molecule has 2 aromatic carbocycles. The van der Waals surface area contributed by atoms with E-state index in [0.717, 1.165) is 5.56 Å². The fourth-order valence-corrected chi connectivity index (χ4v) is 2.11. The lowest BCUT2D eigenvalue weighted by molar-refractivity contribution is -0.384. The highest BCUT2D eigenvalue weighted by Gasteiger charge is 2.10. The topological polar surface area (TPSA) is 113 Å². The van der Waals surface area contributed by atoms with E-state index in [1.807, 2.05) is 13.0 Å². The SMILES string of the molecule is Cc1ccc(Cl)cc1NCC(=O)NNC(=O)c1ccc([N+](=O)[O-])cc1. The fraction of sp³-hybridized carbons (Fsp3) is 0.125. The molecule has 0 aliphatic carbocycles. The minimum absolute atomic E-state index is 0.0677. The van der Waals surface area contributed by atoms with Gasteiger partial charge in [0.2, 0.25) is 0 Å². The Morgan fingerprint density at radius 2 is 1.80 bits per heavy atom. The Bertz CT molecular complexity index is 808. The molecule has 0 heterocycles. The Kier molecular flexibility index (Phi) is 5.91. The Morgan fingerprint density at radius 3 is 2.44 bits per heavy atom. The van der Waals surface area contributed by atoms with Crippen LogP contribution in [0.2, 0.25) is 5.02 Å². The first-order valence-corrected chi connectivity index (χ1v) is 7.58. The van der Waals surface area contributed by atoms with Gasteiger partial charge in [-0.2, -0.15) is 0 Å². The van der Waals surface area contributed by atoms with Gasteiger partial charge in [0.1, 0.15) is 0 Å². The predicted molar refractivity (Wildman–Crippen MR) is 93.4 cm³/mol.